The van der Waals surface area contributed by atoms with Gasteiger partial charge in [0.05, 0.1) is 5.56 Å². The largest absolute Gasteiger partial charge is 0.478 e. The molecule has 0 aliphatic heterocycles. The summed E-state index contributed by atoms with van der Waals surface area (Å²) in [6, 6.07) is 8.92. The molecule has 1 aromatic carbocycles. The van der Waals surface area contributed by atoms with Gasteiger partial charge in [0, 0.05) is 16.8 Å². The molecule has 0 aliphatic rings. The number of halogens is 1. The first kappa shape index (κ1) is 15.0. The van der Waals surface area contributed by atoms with Crippen LogP contribution in [0.5, 0.6) is 0 Å². The van der Waals surface area contributed by atoms with Crippen molar-refractivity contribution in [1.82, 2.24) is 4.98 Å². The van der Waals surface area contributed by atoms with Gasteiger partial charge in [0.2, 0.25) is 0 Å². The average Bonchev–Trinajstić information content (AvgIpc) is 2.37. The highest BCUT2D eigenvalue weighted by Crippen LogP contribution is 2.25. The molecule has 0 atom stereocenters. The van der Waals surface area contributed by atoms with Crippen LogP contribution in [0.1, 0.15) is 36.8 Å². The highest BCUT2D eigenvalue weighted by Gasteiger charge is 2.19. The lowest BCUT2D eigenvalue weighted by Crippen LogP contribution is -2.16. The zero-order chi connectivity index (χ0) is 15.6. The second-order valence-corrected chi connectivity index (χ2v) is 5.82. The van der Waals surface area contributed by atoms with Crippen LogP contribution < -0.4 is 5.32 Å². The molecule has 110 valence electrons. The minimum Gasteiger partial charge on any atom is -0.478 e. The summed E-state index contributed by atoms with van der Waals surface area (Å²) >= 11 is 0. The Hall–Kier alpha value is -2.43. The van der Waals surface area contributed by atoms with Crippen LogP contribution in [-0.4, -0.2) is 16.1 Å². The molecule has 5 heteroatoms. The van der Waals surface area contributed by atoms with Crippen LogP contribution >= 0.6 is 0 Å². The summed E-state index contributed by atoms with van der Waals surface area (Å²) in [6.45, 7) is 5.85. The Kier molecular flexibility index (Phi) is 3.93. The number of anilines is 2. The number of carboxylic acids is 1. The lowest BCUT2D eigenvalue weighted by molar-refractivity contribution is 0.0696. The van der Waals surface area contributed by atoms with Crippen molar-refractivity contribution in [3.63, 3.8) is 0 Å². The van der Waals surface area contributed by atoms with Crippen LogP contribution in [0.2, 0.25) is 0 Å². The Morgan fingerprint density at radius 1 is 1.24 bits per heavy atom. The fourth-order valence-corrected chi connectivity index (χ4v) is 1.82. The van der Waals surface area contributed by atoms with Crippen LogP contribution in [0.25, 0.3) is 0 Å². The first-order chi connectivity index (χ1) is 9.75. The minimum atomic E-state index is -1.02. The Balaban J connectivity index is 2.43. The number of aromatic carboxylic acids is 1. The molecule has 0 fully saturated rings. The summed E-state index contributed by atoms with van der Waals surface area (Å²) in [5.74, 6) is -1.01. The van der Waals surface area contributed by atoms with Crippen molar-refractivity contribution in [3.8, 4) is 0 Å². The van der Waals surface area contributed by atoms with Gasteiger partial charge in [0.1, 0.15) is 11.6 Å². The van der Waals surface area contributed by atoms with Gasteiger partial charge in [-0.05, 0) is 30.3 Å². The third-order valence-electron chi connectivity index (χ3n) is 2.94. The van der Waals surface area contributed by atoms with Crippen LogP contribution in [-0.2, 0) is 5.41 Å². The molecule has 2 rings (SSSR count). The standard InChI is InChI=1S/C16H17FN2O2/c1-16(2,3)13-7-10(15(20)21)8-14(19-13)18-12-6-4-5-11(17)9-12/h4-9H,1-3H3,(H,18,19)(H,20,21). The van der Waals surface area contributed by atoms with Gasteiger partial charge in [-0.2, -0.15) is 0 Å². The predicted molar refractivity (Wildman–Crippen MR) is 79.6 cm³/mol. The van der Waals surface area contributed by atoms with Crippen molar-refractivity contribution >= 4 is 17.5 Å². The second kappa shape index (κ2) is 5.52. The summed E-state index contributed by atoms with van der Waals surface area (Å²) in [5, 5.41) is 12.1. The maximum absolute atomic E-state index is 13.2. The molecule has 0 saturated carbocycles. The maximum Gasteiger partial charge on any atom is 0.335 e. The zero-order valence-electron chi connectivity index (χ0n) is 12.1. The molecule has 21 heavy (non-hydrogen) atoms. The maximum atomic E-state index is 13.2. The van der Waals surface area contributed by atoms with Gasteiger partial charge in [-0.3, -0.25) is 0 Å². The van der Waals surface area contributed by atoms with Crippen molar-refractivity contribution in [2.45, 2.75) is 26.2 Å². The average molecular weight is 288 g/mol. The number of hydrogen-bond acceptors (Lipinski definition) is 3. The van der Waals surface area contributed by atoms with E-state index < -0.39 is 5.97 Å². The molecule has 2 aromatic rings. The van der Waals surface area contributed by atoms with Crippen LogP contribution in [0.3, 0.4) is 0 Å². The van der Waals surface area contributed by atoms with E-state index in [0.29, 0.717) is 17.2 Å². The van der Waals surface area contributed by atoms with Crippen LogP contribution in [0.4, 0.5) is 15.9 Å². The quantitative estimate of drug-likeness (QED) is 0.897. The third-order valence-corrected chi connectivity index (χ3v) is 2.94. The first-order valence-electron chi connectivity index (χ1n) is 6.54. The number of benzene rings is 1. The van der Waals surface area contributed by atoms with E-state index in [4.69, 9.17) is 0 Å². The van der Waals surface area contributed by atoms with E-state index in [1.165, 1.54) is 18.2 Å². The lowest BCUT2D eigenvalue weighted by atomic mass is 9.91. The van der Waals surface area contributed by atoms with Crippen molar-refractivity contribution in [3.05, 3.63) is 53.5 Å². The van der Waals surface area contributed by atoms with E-state index in [9.17, 15) is 14.3 Å². The number of nitrogens with zero attached hydrogens (tertiary/aromatic N) is 1. The number of carbonyl (C=O) groups is 1. The molecule has 1 heterocycles. The van der Waals surface area contributed by atoms with Gasteiger partial charge in [-0.15, -0.1) is 0 Å². The van der Waals surface area contributed by atoms with Gasteiger partial charge >= 0.3 is 5.97 Å². The normalized spacial score (nSPS) is 11.2. The van der Waals surface area contributed by atoms with Crippen molar-refractivity contribution in [1.29, 1.82) is 0 Å². The Morgan fingerprint density at radius 2 is 1.95 bits per heavy atom. The monoisotopic (exact) mass is 288 g/mol. The number of hydrogen-bond donors (Lipinski definition) is 2. The lowest BCUT2D eigenvalue weighted by Gasteiger charge is -2.19. The number of aromatic nitrogens is 1. The Labute approximate surface area is 122 Å². The SMILES string of the molecule is CC(C)(C)c1cc(C(=O)O)cc(Nc2cccc(F)c2)n1. The number of nitrogens with one attached hydrogen (secondary N) is 1. The molecule has 0 bridgehead atoms. The topological polar surface area (TPSA) is 62.2 Å². The van der Waals surface area contributed by atoms with Gasteiger partial charge in [-0.25, -0.2) is 14.2 Å². The van der Waals surface area contributed by atoms with Crippen molar-refractivity contribution < 1.29 is 14.3 Å². The van der Waals surface area contributed by atoms with Crippen LogP contribution in [0, 0.1) is 5.82 Å². The summed E-state index contributed by atoms with van der Waals surface area (Å²) in [7, 11) is 0. The van der Waals surface area contributed by atoms with Gasteiger partial charge in [0.25, 0.3) is 0 Å². The number of rotatable bonds is 3. The molecule has 4 nitrogen and oxygen atoms in total. The first-order valence-corrected chi connectivity index (χ1v) is 6.54. The summed E-state index contributed by atoms with van der Waals surface area (Å²) < 4.78 is 13.2. The van der Waals surface area contributed by atoms with E-state index in [2.05, 4.69) is 10.3 Å². The highest BCUT2D eigenvalue weighted by molar-refractivity contribution is 5.89. The molecule has 0 radical (unpaired) electrons. The van der Waals surface area contributed by atoms with Gasteiger partial charge < -0.3 is 10.4 Å². The predicted octanol–water partition coefficient (Wildman–Crippen LogP) is 3.96. The molecule has 0 spiro atoms. The van der Waals surface area contributed by atoms with Gasteiger partial charge in [-0.1, -0.05) is 26.8 Å². The van der Waals surface area contributed by atoms with E-state index in [-0.39, 0.29) is 16.8 Å². The minimum absolute atomic E-state index is 0.147. The van der Waals surface area contributed by atoms with Gasteiger partial charge in [0.15, 0.2) is 0 Å². The number of pyridine rings is 1. The number of carboxylic acid groups (broad SMARTS) is 1. The molecule has 0 aliphatic carbocycles. The molecule has 2 N–H and O–H groups in total. The highest BCUT2D eigenvalue weighted by atomic mass is 19.1. The molecule has 0 saturated heterocycles. The molecular formula is C16H17FN2O2. The van der Waals surface area contributed by atoms with Crippen molar-refractivity contribution in [2.24, 2.45) is 0 Å². The van der Waals surface area contributed by atoms with E-state index in [1.807, 2.05) is 20.8 Å². The Bertz CT molecular complexity index is 678. The Morgan fingerprint density at radius 3 is 2.52 bits per heavy atom. The van der Waals surface area contributed by atoms with E-state index >= 15 is 0 Å². The fraction of sp³-hybridized carbons (Fsp3) is 0.250. The summed E-state index contributed by atoms with van der Waals surface area (Å²) in [5.41, 5.74) is 1.03. The molecule has 1 aromatic heterocycles. The smallest absolute Gasteiger partial charge is 0.335 e. The third kappa shape index (κ3) is 3.78. The second-order valence-electron chi connectivity index (χ2n) is 5.82. The summed E-state index contributed by atoms with van der Waals surface area (Å²) in [4.78, 5) is 15.6. The fourth-order valence-electron chi connectivity index (χ4n) is 1.82. The molecular weight excluding hydrogens is 271 g/mol. The van der Waals surface area contributed by atoms with E-state index in [1.54, 1.807) is 18.2 Å². The van der Waals surface area contributed by atoms with Crippen molar-refractivity contribution in [2.75, 3.05) is 5.32 Å². The zero-order valence-corrected chi connectivity index (χ0v) is 12.1. The summed E-state index contributed by atoms with van der Waals surface area (Å²) in [6.07, 6.45) is 0. The molecule has 0 amide bonds. The van der Waals surface area contributed by atoms with Crippen LogP contribution in [0.15, 0.2) is 36.4 Å². The molecule has 0 unspecified atom stereocenters. The van der Waals surface area contributed by atoms with E-state index in [0.717, 1.165) is 0 Å².